The van der Waals surface area contributed by atoms with Crippen molar-refractivity contribution in [1.29, 1.82) is 0 Å². The van der Waals surface area contributed by atoms with Crippen molar-refractivity contribution in [3.8, 4) is 0 Å². The Morgan fingerprint density at radius 2 is 1.71 bits per heavy atom. The van der Waals surface area contributed by atoms with Crippen molar-refractivity contribution in [3.05, 3.63) is 29.8 Å². The molecule has 0 saturated carbocycles. The molecular weight excluding hydrogens is 223 g/mol. The van der Waals surface area contributed by atoms with Crippen molar-refractivity contribution in [2.75, 3.05) is 6.66 Å². The molecule has 0 aromatic heterocycles. The van der Waals surface area contributed by atoms with Crippen molar-refractivity contribution in [1.82, 2.24) is 0 Å². The second-order valence-corrected chi connectivity index (χ2v) is 5.64. The largest absolute Gasteiger partial charge is 0.522 e. The van der Waals surface area contributed by atoms with E-state index in [2.05, 4.69) is 3.97 Å². The van der Waals surface area contributed by atoms with Crippen molar-refractivity contribution < 1.29 is 17.0 Å². The third kappa shape index (κ3) is 2.87. The molecule has 14 heavy (non-hydrogen) atoms. The molecule has 1 rings (SSSR count). The molecule has 0 heterocycles. The Morgan fingerprint density at radius 3 is 2.14 bits per heavy atom. The highest BCUT2D eigenvalue weighted by Gasteiger charge is 2.25. The predicted molar refractivity (Wildman–Crippen MR) is 53.0 cm³/mol. The number of hydrogen-bond donors (Lipinski definition) is 0. The second-order valence-electron chi connectivity index (χ2n) is 2.78. The minimum Gasteiger partial charge on any atom is -0.190 e. The van der Waals surface area contributed by atoms with Crippen LogP contribution in [0.3, 0.4) is 0 Å². The lowest BCUT2D eigenvalue weighted by molar-refractivity contribution is 0.478. The van der Waals surface area contributed by atoms with Crippen LogP contribution in [0.2, 0.25) is 0 Å². The third-order valence-electron chi connectivity index (χ3n) is 1.51. The fourth-order valence-corrected chi connectivity index (χ4v) is 2.81. The molecule has 4 nitrogen and oxygen atoms in total. The number of hydrogen-bond acceptors (Lipinski definition) is 4. The summed E-state index contributed by atoms with van der Waals surface area (Å²) in [5, 5.41) is 0. The van der Waals surface area contributed by atoms with Gasteiger partial charge in [0, 0.05) is 0 Å². The molecule has 0 saturated heterocycles. The van der Waals surface area contributed by atoms with Crippen LogP contribution in [0, 0.1) is 6.92 Å². The van der Waals surface area contributed by atoms with E-state index in [-0.39, 0.29) is 4.90 Å². The quantitative estimate of drug-likeness (QED) is 0.750. The Balaban J connectivity index is 3.05. The van der Waals surface area contributed by atoms with E-state index in [1.54, 1.807) is 12.1 Å². The maximum absolute atomic E-state index is 11.3. The first-order chi connectivity index (χ1) is 6.42. The predicted octanol–water partition coefficient (Wildman–Crippen LogP) is 2.07. The fourth-order valence-electron chi connectivity index (χ4n) is 0.886. The normalized spacial score (nSPS) is 12.6. The molecule has 76 valence electrons. The third-order valence-corrected chi connectivity index (χ3v) is 3.99. The van der Waals surface area contributed by atoms with Gasteiger partial charge < -0.3 is 0 Å². The summed E-state index contributed by atoms with van der Waals surface area (Å²) in [7, 11) is -6.02. The van der Waals surface area contributed by atoms with E-state index >= 15 is 0 Å². The molecule has 0 N–H and O–H groups in total. The highest BCUT2D eigenvalue weighted by Crippen LogP contribution is 2.25. The summed E-state index contributed by atoms with van der Waals surface area (Å²) < 4.78 is 37.7. The van der Waals surface area contributed by atoms with Crippen LogP contribution in [-0.4, -0.2) is 15.1 Å². The van der Waals surface area contributed by atoms with E-state index in [1.165, 1.54) is 18.8 Å². The maximum atomic E-state index is 11.3. The van der Waals surface area contributed by atoms with E-state index in [1.807, 2.05) is 6.92 Å². The molecule has 0 amide bonds. The first kappa shape index (κ1) is 11.3. The van der Waals surface area contributed by atoms with Crippen LogP contribution in [0.25, 0.3) is 0 Å². The first-order valence-corrected chi connectivity index (χ1v) is 6.87. The molecule has 1 aromatic carbocycles. The van der Waals surface area contributed by atoms with E-state index in [0.717, 1.165) is 5.56 Å². The van der Waals surface area contributed by atoms with E-state index in [4.69, 9.17) is 0 Å². The van der Waals surface area contributed by atoms with Gasteiger partial charge in [-0.2, -0.15) is 8.42 Å². The SMILES string of the molecule is Cc1ccc(S(=O)(=O)O[P+](C)=O)cc1. The van der Waals surface area contributed by atoms with Crippen LogP contribution in [0.1, 0.15) is 5.56 Å². The minimum atomic E-state index is -3.86. The second kappa shape index (κ2) is 4.17. The Bertz CT molecular complexity index is 435. The molecule has 0 spiro atoms. The summed E-state index contributed by atoms with van der Waals surface area (Å²) in [5.41, 5.74) is 0.949. The first-order valence-electron chi connectivity index (χ1n) is 3.84. The summed E-state index contributed by atoms with van der Waals surface area (Å²) in [6.07, 6.45) is 0. The summed E-state index contributed by atoms with van der Waals surface area (Å²) in [5.74, 6) is 0. The van der Waals surface area contributed by atoms with E-state index < -0.39 is 18.1 Å². The van der Waals surface area contributed by atoms with Crippen molar-refractivity contribution in [2.45, 2.75) is 11.8 Å². The van der Waals surface area contributed by atoms with Crippen LogP contribution < -0.4 is 0 Å². The van der Waals surface area contributed by atoms with Gasteiger partial charge in [-0.3, -0.25) is 0 Å². The van der Waals surface area contributed by atoms with Crippen molar-refractivity contribution in [3.63, 3.8) is 0 Å². The molecule has 0 bridgehead atoms. The van der Waals surface area contributed by atoms with Gasteiger partial charge in [-0.05, 0) is 27.6 Å². The average molecular weight is 233 g/mol. The molecule has 1 atom stereocenters. The summed E-state index contributed by atoms with van der Waals surface area (Å²) in [6.45, 7) is 3.04. The molecule has 0 aliphatic carbocycles. The van der Waals surface area contributed by atoms with Crippen molar-refractivity contribution in [2.24, 2.45) is 0 Å². The zero-order chi connectivity index (χ0) is 10.8. The van der Waals surface area contributed by atoms with Gasteiger partial charge in [-0.15, -0.1) is 0 Å². The molecule has 6 heteroatoms. The minimum absolute atomic E-state index is 0.0216. The Morgan fingerprint density at radius 1 is 1.21 bits per heavy atom. The molecule has 0 fully saturated rings. The fraction of sp³-hybridized carbons (Fsp3) is 0.250. The van der Waals surface area contributed by atoms with Gasteiger partial charge in [-0.1, -0.05) is 17.7 Å². The van der Waals surface area contributed by atoms with Gasteiger partial charge in [0.15, 0.2) is 6.66 Å². The summed E-state index contributed by atoms with van der Waals surface area (Å²) in [4.78, 5) is 0.0216. The summed E-state index contributed by atoms with van der Waals surface area (Å²) >= 11 is 0. The summed E-state index contributed by atoms with van der Waals surface area (Å²) in [6, 6.07) is 6.14. The zero-order valence-electron chi connectivity index (χ0n) is 7.80. The smallest absolute Gasteiger partial charge is 0.190 e. The molecule has 0 aliphatic rings. The lowest BCUT2D eigenvalue weighted by atomic mass is 10.2. The van der Waals surface area contributed by atoms with Crippen LogP contribution >= 0.6 is 8.03 Å². The van der Waals surface area contributed by atoms with Gasteiger partial charge in [-0.25, -0.2) is 0 Å². The molecule has 0 aliphatic heterocycles. The Hall–Kier alpha value is -0.770. The van der Waals surface area contributed by atoms with Crippen molar-refractivity contribution >= 4 is 18.1 Å². The van der Waals surface area contributed by atoms with Gasteiger partial charge in [0.2, 0.25) is 0 Å². The topological polar surface area (TPSA) is 60.4 Å². The van der Waals surface area contributed by atoms with Gasteiger partial charge in [0.1, 0.15) is 0 Å². The lowest BCUT2D eigenvalue weighted by Gasteiger charge is -1.96. The molecular formula is C8H10O4PS+. The van der Waals surface area contributed by atoms with Crippen LogP contribution in [0.15, 0.2) is 29.2 Å². The Kier molecular flexibility index (Phi) is 3.37. The van der Waals surface area contributed by atoms with Crippen LogP contribution in [-0.2, 0) is 18.7 Å². The van der Waals surface area contributed by atoms with Gasteiger partial charge >= 0.3 is 18.1 Å². The molecule has 1 unspecified atom stereocenters. The molecule has 1 aromatic rings. The molecule has 0 radical (unpaired) electrons. The van der Waals surface area contributed by atoms with E-state index in [0.29, 0.717) is 0 Å². The zero-order valence-corrected chi connectivity index (χ0v) is 9.51. The average Bonchev–Trinajstić information content (AvgIpc) is 2.02. The lowest BCUT2D eigenvalue weighted by Crippen LogP contribution is -2.00. The number of aryl methyl sites for hydroxylation is 1. The van der Waals surface area contributed by atoms with Gasteiger partial charge in [0.25, 0.3) is 0 Å². The Labute approximate surface area is 83.9 Å². The van der Waals surface area contributed by atoms with Crippen LogP contribution in [0.4, 0.5) is 0 Å². The van der Waals surface area contributed by atoms with Gasteiger partial charge in [0.05, 0.1) is 4.90 Å². The van der Waals surface area contributed by atoms with Crippen LogP contribution in [0.5, 0.6) is 0 Å². The monoisotopic (exact) mass is 233 g/mol. The number of rotatable bonds is 3. The highest BCUT2D eigenvalue weighted by molar-refractivity contribution is 7.90. The number of benzene rings is 1. The maximum Gasteiger partial charge on any atom is 0.522 e. The standard InChI is InChI=1S/C8H10O4PS/c1-7-3-5-8(6-4-7)14(10,11)12-13(2)9/h3-6H,1-2H3/q+1. The highest BCUT2D eigenvalue weighted by atomic mass is 32.2. The van der Waals surface area contributed by atoms with E-state index in [9.17, 15) is 13.0 Å².